The number of ether oxygens (including phenoxy) is 1. The maximum Gasteiger partial charge on any atom is 0.283 e. The van der Waals surface area contributed by atoms with Crippen LogP contribution < -0.4 is 10.3 Å². The topological polar surface area (TPSA) is 104 Å². The van der Waals surface area contributed by atoms with Crippen molar-refractivity contribution in [2.75, 3.05) is 26.0 Å². The lowest BCUT2D eigenvalue weighted by Crippen LogP contribution is -2.29. The second-order valence-corrected chi connectivity index (χ2v) is 7.15. The highest BCUT2D eigenvalue weighted by Crippen LogP contribution is 2.23. The number of aromatic nitrogens is 3. The number of fused-ring (bicyclic) bond motifs is 1. The van der Waals surface area contributed by atoms with E-state index in [1.165, 1.54) is 21.2 Å². The molecule has 0 atom stereocenters. The van der Waals surface area contributed by atoms with Crippen LogP contribution in [0.2, 0.25) is 0 Å². The normalized spacial score (nSPS) is 10.7. The first kappa shape index (κ1) is 20.5. The van der Waals surface area contributed by atoms with E-state index in [-0.39, 0.29) is 23.6 Å². The van der Waals surface area contributed by atoms with Gasteiger partial charge >= 0.3 is 0 Å². The summed E-state index contributed by atoms with van der Waals surface area (Å²) in [6.07, 6.45) is 1.94. The number of rotatable bonds is 8. The molecule has 0 aliphatic heterocycles. The van der Waals surface area contributed by atoms with Crippen LogP contribution in [0.4, 0.5) is 0 Å². The molecule has 1 aromatic carbocycles. The summed E-state index contributed by atoms with van der Waals surface area (Å²) in [7, 11) is 1.66. The monoisotopic (exact) mass is 411 g/mol. The Kier molecular flexibility index (Phi) is 6.57. The zero-order valence-electron chi connectivity index (χ0n) is 16.2. The number of thioether (sulfide) groups is 1. The third-order valence-corrected chi connectivity index (χ3v) is 5.19. The molecule has 2 aromatic heterocycles. The van der Waals surface area contributed by atoms with E-state index in [4.69, 9.17) is 10.00 Å². The Morgan fingerprint density at radius 1 is 1.34 bits per heavy atom. The number of H-pyrrole nitrogens is 1. The standard InChI is InChI=1S/C20H21N5O3S/c1-3-28-15-7-5-14(6-8-15)25-19(27)18-16(9-11-22-18)23-20(25)29-13-17(26)24(2)12-4-10-21/h5-9,11,22H,3-4,12-13H2,1-2H3. The second kappa shape index (κ2) is 9.30. The average molecular weight is 411 g/mol. The molecule has 0 saturated heterocycles. The maximum absolute atomic E-state index is 13.1. The number of nitriles is 1. The van der Waals surface area contributed by atoms with Crippen LogP contribution in [0.5, 0.6) is 5.75 Å². The van der Waals surface area contributed by atoms with Crippen LogP contribution in [0.3, 0.4) is 0 Å². The highest BCUT2D eigenvalue weighted by atomic mass is 32.2. The minimum absolute atomic E-state index is 0.112. The number of nitrogens with zero attached hydrogens (tertiary/aromatic N) is 4. The lowest BCUT2D eigenvalue weighted by Gasteiger charge is -2.16. The summed E-state index contributed by atoms with van der Waals surface area (Å²) in [4.78, 5) is 34.4. The Balaban J connectivity index is 1.93. The number of carbonyl (C=O) groups excluding carboxylic acids is 1. The van der Waals surface area contributed by atoms with E-state index in [0.29, 0.717) is 40.8 Å². The first-order valence-corrected chi connectivity index (χ1v) is 10.1. The molecule has 2 heterocycles. The van der Waals surface area contributed by atoms with Crippen LogP contribution in [0.15, 0.2) is 46.5 Å². The Hall–Kier alpha value is -3.25. The van der Waals surface area contributed by atoms with Crippen LogP contribution >= 0.6 is 11.8 Å². The lowest BCUT2D eigenvalue weighted by atomic mass is 10.3. The van der Waals surface area contributed by atoms with Crippen LogP contribution in [0.1, 0.15) is 13.3 Å². The highest BCUT2D eigenvalue weighted by Gasteiger charge is 2.17. The molecule has 0 radical (unpaired) electrons. The summed E-state index contributed by atoms with van der Waals surface area (Å²) in [6, 6.07) is 10.9. The first-order valence-electron chi connectivity index (χ1n) is 9.12. The van der Waals surface area contributed by atoms with Crippen molar-refractivity contribution in [2.24, 2.45) is 0 Å². The number of hydrogen-bond donors (Lipinski definition) is 1. The van der Waals surface area contributed by atoms with Crippen molar-refractivity contribution in [3.63, 3.8) is 0 Å². The molecular weight excluding hydrogens is 390 g/mol. The van der Waals surface area contributed by atoms with Gasteiger partial charge in [-0.2, -0.15) is 5.26 Å². The molecule has 9 heteroatoms. The lowest BCUT2D eigenvalue weighted by molar-refractivity contribution is -0.127. The van der Waals surface area contributed by atoms with E-state index >= 15 is 0 Å². The van der Waals surface area contributed by atoms with Gasteiger partial charge in [-0.3, -0.25) is 14.2 Å². The Morgan fingerprint density at radius 3 is 2.79 bits per heavy atom. The van der Waals surface area contributed by atoms with E-state index in [1.807, 2.05) is 13.0 Å². The molecule has 0 spiro atoms. The third-order valence-electron chi connectivity index (χ3n) is 4.26. The summed E-state index contributed by atoms with van der Waals surface area (Å²) in [5.41, 5.74) is 1.35. The first-order chi connectivity index (χ1) is 14.0. The molecule has 0 aliphatic carbocycles. The van der Waals surface area contributed by atoms with Crippen molar-refractivity contribution in [2.45, 2.75) is 18.5 Å². The molecule has 0 unspecified atom stereocenters. The molecule has 0 bridgehead atoms. The average Bonchev–Trinajstić information content (AvgIpc) is 3.20. The summed E-state index contributed by atoms with van der Waals surface area (Å²) in [5.74, 6) is 0.690. The molecule has 3 rings (SSSR count). The largest absolute Gasteiger partial charge is 0.494 e. The fourth-order valence-corrected chi connectivity index (χ4v) is 3.69. The smallest absolute Gasteiger partial charge is 0.283 e. The fraction of sp³-hybridized carbons (Fsp3) is 0.300. The summed E-state index contributed by atoms with van der Waals surface area (Å²) >= 11 is 1.19. The van der Waals surface area contributed by atoms with E-state index in [0.717, 1.165) is 0 Å². The Bertz CT molecular complexity index is 1100. The van der Waals surface area contributed by atoms with Crippen LogP contribution in [-0.2, 0) is 4.79 Å². The predicted octanol–water partition coefficient (Wildman–Crippen LogP) is 2.58. The van der Waals surface area contributed by atoms with Gasteiger partial charge in [-0.25, -0.2) is 4.98 Å². The zero-order valence-corrected chi connectivity index (χ0v) is 17.0. The molecule has 150 valence electrons. The number of aromatic amines is 1. The van der Waals surface area contributed by atoms with Gasteiger partial charge in [-0.15, -0.1) is 0 Å². The van der Waals surface area contributed by atoms with Gasteiger partial charge in [0.15, 0.2) is 5.16 Å². The van der Waals surface area contributed by atoms with Gasteiger partial charge in [0.2, 0.25) is 5.91 Å². The van der Waals surface area contributed by atoms with Gasteiger partial charge in [-0.1, -0.05) is 11.8 Å². The van der Waals surface area contributed by atoms with Gasteiger partial charge in [0, 0.05) is 19.8 Å². The number of nitrogens with one attached hydrogen (secondary N) is 1. The predicted molar refractivity (Wildman–Crippen MR) is 111 cm³/mol. The van der Waals surface area contributed by atoms with E-state index < -0.39 is 0 Å². The van der Waals surface area contributed by atoms with Gasteiger partial charge in [-0.05, 0) is 37.3 Å². The van der Waals surface area contributed by atoms with Gasteiger partial charge in [0.25, 0.3) is 5.56 Å². The molecule has 29 heavy (non-hydrogen) atoms. The van der Waals surface area contributed by atoms with Crippen molar-refractivity contribution in [3.8, 4) is 17.5 Å². The quantitative estimate of drug-likeness (QED) is 0.451. The minimum Gasteiger partial charge on any atom is -0.494 e. The summed E-state index contributed by atoms with van der Waals surface area (Å²) in [5, 5.41) is 9.10. The van der Waals surface area contributed by atoms with Crippen LogP contribution in [-0.4, -0.2) is 51.3 Å². The molecule has 8 nitrogen and oxygen atoms in total. The van der Waals surface area contributed by atoms with Gasteiger partial charge in [0.05, 0.1) is 36.1 Å². The molecule has 0 saturated carbocycles. The van der Waals surface area contributed by atoms with Crippen molar-refractivity contribution >= 4 is 28.7 Å². The maximum atomic E-state index is 13.1. The number of carbonyl (C=O) groups is 1. The van der Waals surface area contributed by atoms with E-state index in [1.54, 1.807) is 43.6 Å². The highest BCUT2D eigenvalue weighted by molar-refractivity contribution is 7.99. The van der Waals surface area contributed by atoms with E-state index in [9.17, 15) is 9.59 Å². The third kappa shape index (κ3) is 4.60. The Morgan fingerprint density at radius 2 is 2.10 bits per heavy atom. The number of benzene rings is 1. The summed E-state index contributed by atoms with van der Waals surface area (Å²) < 4.78 is 6.95. The van der Waals surface area contributed by atoms with Gasteiger partial charge in [0.1, 0.15) is 11.3 Å². The van der Waals surface area contributed by atoms with Crippen molar-refractivity contribution in [1.82, 2.24) is 19.4 Å². The zero-order chi connectivity index (χ0) is 20.8. The van der Waals surface area contributed by atoms with Gasteiger partial charge < -0.3 is 14.6 Å². The molecule has 0 aliphatic rings. The van der Waals surface area contributed by atoms with Crippen molar-refractivity contribution in [1.29, 1.82) is 5.26 Å². The molecule has 1 N–H and O–H groups in total. The van der Waals surface area contributed by atoms with Crippen molar-refractivity contribution < 1.29 is 9.53 Å². The molecule has 0 fully saturated rings. The number of hydrogen-bond acceptors (Lipinski definition) is 6. The van der Waals surface area contributed by atoms with E-state index in [2.05, 4.69) is 9.97 Å². The summed E-state index contributed by atoms with van der Waals surface area (Å²) in [6.45, 7) is 2.82. The Labute approximate surface area is 172 Å². The SMILES string of the molecule is CCOc1ccc(-n2c(SCC(=O)N(C)CCC#N)nc3cc[nH]c3c2=O)cc1. The van der Waals surface area contributed by atoms with Crippen LogP contribution in [0.25, 0.3) is 16.7 Å². The van der Waals surface area contributed by atoms with Crippen molar-refractivity contribution in [3.05, 3.63) is 46.9 Å². The number of amides is 1. The second-order valence-electron chi connectivity index (χ2n) is 6.21. The molecule has 1 amide bonds. The van der Waals surface area contributed by atoms with Crippen LogP contribution in [0, 0.1) is 11.3 Å². The molecule has 3 aromatic rings. The minimum atomic E-state index is -0.239. The fourth-order valence-electron chi connectivity index (χ4n) is 2.74. The molecular formula is C20H21N5O3S.